The average Bonchev–Trinajstić information content (AvgIpc) is 2.70. The van der Waals surface area contributed by atoms with Crippen molar-refractivity contribution < 1.29 is 9.53 Å². The first kappa shape index (κ1) is 19.4. The summed E-state index contributed by atoms with van der Waals surface area (Å²) in [6, 6.07) is 19.8. The Hall–Kier alpha value is -3.41. The molecule has 0 aliphatic rings. The summed E-state index contributed by atoms with van der Waals surface area (Å²) in [5.74, 6) is 0.517. The zero-order valence-corrected chi connectivity index (χ0v) is 16.0. The van der Waals surface area contributed by atoms with Crippen molar-refractivity contribution >= 4 is 5.91 Å². The minimum atomic E-state index is -0.205. The van der Waals surface area contributed by atoms with Gasteiger partial charge in [-0.25, -0.2) is 4.68 Å². The van der Waals surface area contributed by atoms with Crippen LogP contribution in [0.1, 0.15) is 24.2 Å². The summed E-state index contributed by atoms with van der Waals surface area (Å²) in [4.78, 5) is 24.3. The highest BCUT2D eigenvalue weighted by atomic mass is 16.5. The van der Waals surface area contributed by atoms with Crippen molar-refractivity contribution in [1.82, 2.24) is 15.1 Å². The molecule has 0 saturated carbocycles. The van der Waals surface area contributed by atoms with E-state index in [1.807, 2.05) is 44.2 Å². The van der Waals surface area contributed by atoms with Crippen LogP contribution in [0.15, 0.2) is 71.5 Å². The Balaban J connectivity index is 1.60. The molecule has 1 N–H and O–H groups in total. The van der Waals surface area contributed by atoms with Crippen molar-refractivity contribution in [3.8, 4) is 17.0 Å². The van der Waals surface area contributed by atoms with Gasteiger partial charge in [0, 0.05) is 23.7 Å². The standard InChI is InChI=1S/C22H23N3O3/c1-16(2)28-19-10-8-18(9-11-19)22(27)23-14-15-25-21(26)13-12-20(24-25)17-6-4-3-5-7-17/h3-13,16H,14-15H2,1-2H3,(H,23,27). The fraction of sp³-hybridized carbons (Fsp3) is 0.227. The lowest BCUT2D eigenvalue weighted by Gasteiger charge is -2.11. The Morgan fingerprint density at radius 1 is 1.04 bits per heavy atom. The third-order valence-electron chi connectivity index (χ3n) is 4.03. The third kappa shape index (κ3) is 5.07. The highest BCUT2D eigenvalue weighted by Gasteiger charge is 2.07. The van der Waals surface area contributed by atoms with Gasteiger partial charge in [0.1, 0.15) is 5.75 Å². The van der Waals surface area contributed by atoms with Crippen molar-refractivity contribution in [2.45, 2.75) is 26.5 Å². The van der Waals surface area contributed by atoms with E-state index in [4.69, 9.17) is 4.74 Å². The number of hydrogen-bond acceptors (Lipinski definition) is 4. The molecule has 1 amide bonds. The molecule has 0 aliphatic heterocycles. The lowest BCUT2D eigenvalue weighted by Crippen LogP contribution is -2.31. The predicted molar refractivity (Wildman–Crippen MR) is 108 cm³/mol. The van der Waals surface area contributed by atoms with Crippen LogP contribution in [0.25, 0.3) is 11.3 Å². The summed E-state index contributed by atoms with van der Waals surface area (Å²) in [7, 11) is 0. The molecule has 0 spiro atoms. The van der Waals surface area contributed by atoms with E-state index in [9.17, 15) is 9.59 Å². The number of amides is 1. The lowest BCUT2D eigenvalue weighted by atomic mass is 10.1. The smallest absolute Gasteiger partial charge is 0.266 e. The van der Waals surface area contributed by atoms with Gasteiger partial charge in [0.05, 0.1) is 18.3 Å². The molecule has 0 saturated heterocycles. The molecule has 3 aromatic rings. The van der Waals surface area contributed by atoms with Gasteiger partial charge in [-0.15, -0.1) is 0 Å². The first-order valence-electron chi connectivity index (χ1n) is 9.21. The van der Waals surface area contributed by atoms with E-state index >= 15 is 0 Å². The molecule has 28 heavy (non-hydrogen) atoms. The van der Waals surface area contributed by atoms with Gasteiger partial charge in [-0.05, 0) is 44.2 Å². The number of rotatable bonds is 7. The van der Waals surface area contributed by atoms with Gasteiger partial charge < -0.3 is 10.1 Å². The summed E-state index contributed by atoms with van der Waals surface area (Å²) in [5, 5.41) is 7.20. The van der Waals surface area contributed by atoms with E-state index in [2.05, 4.69) is 10.4 Å². The predicted octanol–water partition coefficient (Wildman–Crippen LogP) is 3.13. The highest BCUT2D eigenvalue weighted by Crippen LogP contribution is 2.14. The van der Waals surface area contributed by atoms with Gasteiger partial charge in [-0.3, -0.25) is 9.59 Å². The van der Waals surface area contributed by atoms with Gasteiger partial charge in [0.25, 0.3) is 11.5 Å². The summed E-state index contributed by atoms with van der Waals surface area (Å²) in [6.07, 6.45) is 0.0807. The second kappa shape index (κ2) is 8.99. The van der Waals surface area contributed by atoms with Gasteiger partial charge in [-0.1, -0.05) is 30.3 Å². The van der Waals surface area contributed by atoms with Crippen molar-refractivity contribution in [2.75, 3.05) is 6.54 Å². The number of carbonyl (C=O) groups is 1. The fourth-order valence-corrected chi connectivity index (χ4v) is 2.71. The molecular formula is C22H23N3O3. The Bertz CT molecular complexity index is 980. The van der Waals surface area contributed by atoms with Crippen LogP contribution in [-0.4, -0.2) is 28.3 Å². The molecule has 0 fully saturated rings. The van der Waals surface area contributed by atoms with E-state index in [1.165, 1.54) is 10.7 Å². The van der Waals surface area contributed by atoms with Crippen molar-refractivity contribution in [3.63, 3.8) is 0 Å². The highest BCUT2D eigenvalue weighted by molar-refractivity contribution is 5.94. The molecule has 0 aliphatic carbocycles. The number of benzene rings is 2. The van der Waals surface area contributed by atoms with Gasteiger partial charge in [0.15, 0.2) is 0 Å². The van der Waals surface area contributed by atoms with E-state index in [1.54, 1.807) is 30.3 Å². The Morgan fingerprint density at radius 2 is 1.75 bits per heavy atom. The molecule has 0 atom stereocenters. The number of nitrogens with zero attached hydrogens (tertiary/aromatic N) is 2. The second-order valence-electron chi connectivity index (χ2n) is 6.59. The van der Waals surface area contributed by atoms with Gasteiger partial charge in [0.2, 0.25) is 0 Å². The molecule has 1 aromatic heterocycles. The quantitative estimate of drug-likeness (QED) is 0.687. The van der Waals surface area contributed by atoms with Crippen LogP contribution in [0.2, 0.25) is 0 Å². The molecule has 0 unspecified atom stereocenters. The van der Waals surface area contributed by atoms with Crippen LogP contribution in [-0.2, 0) is 6.54 Å². The Labute approximate surface area is 163 Å². The Morgan fingerprint density at radius 3 is 2.43 bits per heavy atom. The summed E-state index contributed by atoms with van der Waals surface area (Å²) in [6.45, 7) is 4.49. The second-order valence-corrected chi connectivity index (χ2v) is 6.59. The van der Waals surface area contributed by atoms with Crippen LogP contribution in [0, 0.1) is 0 Å². The van der Waals surface area contributed by atoms with E-state index in [0.29, 0.717) is 24.3 Å². The largest absolute Gasteiger partial charge is 0.491 e. The van der Waals surface area contributed by atoms with Gasteiger partial charge in [-0.2, -0.15) is 5.10 Å². The molecule has 144 valence electrons. The average molecular weight is 377 g/mol. The summed E-state index contributed by atoms with van der Waals surface area (Å²) in [5.41, 5.74) is 1.98. The molecule has 3 rings (SSSR count). The molecule has 2 aromatic carbocycles. The molecule has 6 heteroatoms. The van der Waals surface area contributed by atoms with Gasteiger partial charge >= 0.3 is 0 Å². The van der Waals surface area contributed by atoms with E-state index < -0.39 is 0 Å². The van der Waals surface area contributed by atoms with Crippen LogP contribution in [0.3, 0.4) is 0 Å². The van der Waals surface area contributed by atoms with Crippen molar-refractivity contribution in [1.29, 1.82) is 0 Å². The topological polar surface area (TPSA) is 73.2 Å². The normalized spacial score (nSPS) is 10.7. The summed E-state index contributed by atoms with van der Waals surface area (Å²) >= 11 is 0. The molecular weight excluding hydrogens is 354 g/mol. The van der Waals surface area contributed by atoms with Crippen LogP contribution in [0.4, 0.5) is 0 Å². The third-order valence-corrected chi connectivity index (χ3v) is 4.03. The zero-order valence-electron chi connectivity index (χ0n) is 16.0. The molecule has 1 heterocycles. The van der Waals surface area contributed by atoms with E-state index in [-0.39, 0.29) is 17.6 Å². The first-order chi connectivity index (χ1) is 13.5. The van der Waals surface area contributed by atoms with Crippen molar-refractivity contribution in [2.24, 2.45) is 0 Å². The number of ether oxygens (including phenoxy) is 1. The minimum Gasteiger partial charge on any atom is -0.491 e. The van der Waals surface area contributed by atoms with E-state index in [0.717, 1.165) is 11.3 Å². The zero-order chi connectivity index (χ0) is 19.9. The number of hydrogen-bond donors (Lipinski definition) is 1. The monoisotopic (exact) mass is 377 g/mol. The van der Waals surface area contributed by atoms with Crippen LogP contribution in [0.5, 0.6) is 5.75 Å². The number of aromatic nitrogens is 2. The molecule has 0 radical (unpaired) electrons. The molecule has 0 bridgehead atoms. The molecule has 6 nitrogen and oxygen atoms in total. The lowest BCUT2D eigenvalue weighted by molar-refractivity contribution is 0.0951. The summed E-state index contributed by atoms with van der Waals surface area (Å²) < 4.78 is 6.93. The maximum absolute atomic E-state index is 12.3. The maximum Gasteiger partial charge on any atom is 0.266 e. The first-order valence-corrected chi connectivity index (χ1v) is 9.21. The van der Waals surface area contributed by atoms with Crippen LogP contribution >= 0.6 is 0 Å². The number of carbonyl (C=O) groups excluding carboxylic acids is 1. The minimum absolute atomic E-state index is 0.0807. The number of nitrogens with one attached hydrogen (secondary N) is 1. The Kier molecular flexibility index (Phi) is 6.22. The van der Waals surface area contributed by atoms with Crippen LogP contribution < -0.4 is 15.6 Å². The maximum atomic E-state index is 12.3. The fourth-order valence-electron chi connectivity index (χ4n) is 2.71. The van der Waals surface area contributed by atoms with Crippen molar-refractivity contribution in [3.05, 3.63) is 82.6 Å². The SMILES string of the molecule is CC(C)Oc1ccc(C(=O)NCCn2nc(-c3ccccc3)ccc2=O)cc1.